The molecule has 0 saturated heterocycles. The third-order valence-electron chi connectivity index (χ3n) is 6.25. The number of furan rings is 1. The van der Waals surface area contributed by atoms with Crippen molar-refractivity contribution in [2.45, 2.75) is 32.6 Å². The first-order valence-electron chi connectivity index (χ1n) is 12.5. The van der Waals surface area contributed by atoms with Crippen molar-refractivity contribution in [1.82, 2.24) is 5.32 Å². The number of halogens is 1. The van der Waals surface area contributed by atoms with Crippen molar-refractivity contribution in [3.8, 4) is 22.5 Å². The molecule has 0 bridgehead atoms. The molecule has 1 atom stereocenters. The van der Waals surface area contributed by atoms with Crippen LogP contribution in [0.15, 0.2) is 83.3 Å². The summed E-state index contributed by atoms with van der Waals surface area (Å²) in [5.74, 6) is -0.381. The van der Waals surface area contributed by atoms with E-state index in [1.807, 2.05) is 43.5 Å². The van der Waals surface area contributed by atoms with Crippen molar-refractivity contribution < 1.29 is 47.1 Å². The number of thioether (sulfide) groups is 1. The van der Waals surface area contributed by atoms with Crippen molar-refractivity contribution in [2.24, 2.45) is 0 Å². The van der Waals surface area contributed by atoms with Crippen LogP contribution in [-0.4, -0.2) is 29.9 Å². The summed E-state index contributed by atoms with van der Waals surface area (Å²) < 4.78 is 25.2. The summed E-state index contributed by atoms with van der Waals surface area (Å²) in [5.41, 5.74) is 4.37. The monoisotopic (exact) mass is 553 g/mol. The molecule has 0 radical (unpaired) electrons. The number of aliphatic carboxylic acids is 1. The Kier molecular flexibility index (Phi) is 11.7. The second-order valence-electron chi connectivity index (χ2n) is 9.09. The molecule has 3 aromatic carbocycles. The van der Waals surface area contributed by atoms with E-state index in [0.29, 0.717) is 34.0 Å². The molecule has 6 nitrogen and oxygen atoms in total. The normalized spacial score (nSPS) is 11.5. The fraction of sp³-hybridized carbons (Fsp3) is 0.226. The summed E-state index contributed by atoms with van der Waals surface area (Å²) in [4.78, 5) is 24.8. The Morgan fingerprint density at radius 3 is 2.52 bits per heavy atom. The van der Waals surface area contributed by atoms with E-state index in [2.05, 4.69) is 5.32 Å². The molecule has 0 fully saturated rings. The molecule has 0 aliphatic carbocycles. The van der Waals surface area contributed by atoms with Gasteiger partial charge < -0.3 is 24.4 Å². The van der Waals surface area contributed by atoms with Gasteiger partial charge in [0.25, 0.3) is 5.91 Å². The fourth-order valence-corrected chi connectivity index (χ4v) is 4.69. The van der Waals surface area contributed by atoms with Crippen LogP contribution >= 0.6 is 11.8 Å². The van der Waals surface area contributed by atoms with Crippen LogP contribution in [0.4, 0.5) is 4.39 Å². The number of rotatable bonds is 12. The molecule has 1 N–H and O–H groups in total. The minimum Gasteiger partial charge on any atom is -0.548 e. The van der Waals surface area contributed by atoms with Crippen LogP contribution in [0.1, 0.15) is 33.7 Å². The topological polar surface area (TPSA) is 91.6 Å². The maximum atomic E-state index is 13.5. The Labute approximate surface area is 249 Å². The van der Waals surface area contributed by atoms with E-state index in [1.54, 1.807) is 36.4 Å². The third kappa shape index (κ3) is 8.12. The van der Waals surface area contributed by atoms with Gasteiger partial charge in [-0.2, -0.15) is 11.8 Å². The second kappa shape index (κ2) is 14.9. The van der Waals surface area contributed by atoms with E-state index in [4.69, 9.17) is 9.15 Å². The molecule has 202 valence electrons. The molecule has 1 heterocycles. The van der Waals surface area contributed by atoms with Gasteiger partial charge in [0, 0.05) is 11.1 Å². The molecule has 1 aromatic heterocycles. The first-order chi connectivity index (χ1) is 18.9. The average molecular weight is 554 g/mol. The van der Waals surface area contributed by atoms with Crippen molar-refractivity contribution in [3.63, 3.8) is 0 Å². The number of carbonyl (C=O) groups excluding carboxylic acids is 2. The molecule has 4 rings (SSSR count). The summed E-state index contributed by atoms with van der Waals surface area (Å²) in [6, 6.07) is 21.7. The van der Waals surface area contributed by atoms with Gasteiger partial charge in [-0.3, -0.25) is 4.79 Å². The van der Waals surface area contributed by atoms with Gasteiger partial charge >= 0.3 is 18.9 Å². The molecule has 0 spiro atoms. The molecule has 0 unspecified atom stereocenters. The molecule has 4 aromatic rings. The first-order valence-corrected chi connectivity index (χ1v) is 13.9. The SMILES string of the molecule is CSCC[C@H](NC(=O)c1ccc(COCc2ccc(-c3cccc(F)c3)o2)cc1-c1ccccc1C)C(=O)[O-].[Li+]. The molecule has 1 amide bonds. The number of nitrogens with one attached hydrogen (secondary N) is 1. The zero-order chi connectivity index (χ0) is 27.8. The molecule has 0 aliphatic rings. The van der Waals surface area contributed by atoms with Gasteiger partial charge in [-0.25, -0.2) is 4.39 Å². The largest absolute Gasteiger partial charge is 1.00 e. The maximum Gasteiger partial charge on any atom is 1.00 e. The number of carboxylic acid groups (broad SMARTS) is 1. The van der Waals surface area contributed by atoms with Gasteiger partial charge in [0.15, 0.2) is 0 Å². The van der Waals surface area contributed by atoms with E-state index in [0.717, 1.165) is 16.7 Å². The number of hydrogen-bond acceptors (Lipinski definition) is 6. The maximum absolute atomic E-state index is 13.5. The van der Waals surface area contributed by atoms with Gasteiger partial charge in [0.1, 0.15) is 23.9 Å². The van der Waals surface area contributed by atoms with Crippen LogP contribution < -0.4 is 29.3 Å². The van der Waals surface area contributed by atoms with Crippen LogP contribution in [-0.2, 0) is 22.7 Å². The minimum absolute atomic E-state index is 0. The Morgan fingerprint density at radius 2 is 1.80 bits per heavy atom. The number of carbonyl (C=O) groups is 2. The zero-order valence-corrected chi connectivity index (χ0v) is 23.6. The van der Waals surface area contributed by atoms with Crippen molar-refractivity contribution in [1.29, 1.82) is 0 Å². The molecule has 40 heavy (non-hydrogen) atoms. The van der Waals surface area contributed by atoms with Crippen molar-refractivity contribution in [2.75, 3.05) is 12.0 Å². The number of aryl methyl sites for hydroxylation is 1. The van der Waals surface area contributed by atoms with E-state index in [-0.39, 0.29) is 44.3 Å². The fourth-order valence-electron chi connectivity index (χ4n) is 4.22. The van der Waals surface area contributed by atoms with Gasteiger partial charge in [0.2, 0.25) is 0 Å². The van der Waals surface area contributed by atoms with Crippen LogP contribution in [0, 0.1) is 12.7 Å². The number of ether oxygens (including phenoxy) is 1. The predicted molar refractivity (Wildman–Crippen MR) is 148 cm³/mol. The van der Waals surface area contributed by atoms with Crippen molar-refractivity contribution in [3.05, 3.63) is 107 Å². The van der Waals surface area contributed by atoms with Crippen LogP contribution in [0.5, 0.6) is 0 Å². The Bertz CT molecular complexity index is 1460. The zero-order valence-electron chi connectivity index (χ0n) is 22.7. The van der Waals surface area contributed by atoms with Gasteiger partial charge in [0.05, 0.1) is 18.6 Å². The summed E-state index contributed by atoms with van der Waals surface area (Å²) in [6.07, 6.45) is 2.15. The number of benzene rings is 3. The molecule has 9 heteroatoms. The summed E-state index contributed by atoms with van der Waals surface area (Å²) in [7, 11) is 0. The predicted octanol–water partition coefficient (Wildman–Crippen LogP) is 2.38. The van der Waals surface area contributed by atoms with Crippen LogP contribution in [0.3, 0.4) is 0 Å². The van der Waals surface area contributed by atoms with Gasteiger partial charge in [-0.05, 0) is 84.0 Å². The quantitative estimate of drug-likeness (QED) is 0.271. The Balaban J connectivity index is 0.00000441. The summed E-state index contributed by atoms with van der Waals surface area (Å²) >= 11 is 1.50. The van der Waals surface area contributed by atoms with Crippen LogP contribution in [0.2, 0.25) is 0 Å². The van der Waals surface area contributed by atoms with Crippen molar-refractivity contribution >= 4 is 23.6 Å². The second-order valence-corrected chi connectivity index (χ2v) is 10.1. The molecular formula is C31H29FLiNO5S. The summed E-state index contributed by atoms with van der Waals surface area (Å²) in [6.45, 7) is 2.42. The molecule has 0 saturated carbocycles. The Hall–Kier alpha value is -3.28. The molecular weight excluding hydrogens is 524 g/mol. The van der Waals surface area contributed by atoms with Crippen LogP contribution in [0.25, 0.3) is 22.5 Å². The standard InChI is InChI=1S/C31H30FNO5S.Li/c1-20-6-3-4-9-25(20)27-16-21(10-12-26(27)30(34)33-28(31(35)36)14-15-39-2)18-37-19-24-11-13-29(38-24)22-7-5-8-23(32)17-22;/h3-13,16-17,28H,14-15,18-19H2,1-2H3,(H,33,34)(H,35,36);/q;+1/p-1/t28-;/m0./s1. The van der Waals surface area contributed by atoms with E-state index >= 15 is 0 Å². The number of amides is 1. The molecule has 0 aliphatic heterocycles. The van der Waals surface area contributed by atoms with Gasteiger partial charge in [-0.1, -0.05) is 42.5 Å². The van der Waals surface area contributed by atoms with Gasteiger partial charge in [-0.15, -0.1) is 0 Å². The smallest absolute Gasteiger partial charge is 0.548 e. The summed E-state index contributed by atoms with van der Waals surface area (Å²) in [5, 5.41) is 14.2. The average Bonchev–Trinajstić information content (AvgIpc) is 3.40. The Morgan fingerprint density at radius 1 is 1.00 bits per heavy atom. The van der Waals surface area contributed by atoms with E-state index in [1.165, 1.54) is 23.9 Å². The van der Waals surface area contributed by atoms with E-state index < -0.39 is 17.9 Å². The number of carboxylic acids is 1. The minimum atomic E-state index is -1.31. The van der Waals surface area contributed by atoms with E-state index in [9.17, 15) is 19.1 Å². The number of hydrogen-bond donors (Lipinski definition) is 1. The third-order valence-corrected chi connectivity index (χ3v) is 6.89. The first kappa shape index (κ1) is 31.2.